The van der Waals surface area contributed by atoms with Crippen LogP contribution in [-0.2, 0) is 0 Å². The first-order valence-electron chi connectivity index (χ1n) is 4.42. The average Bonchev–Trinajstić information content (AvgIpc) is 2.15. The lowest BCUT2D eigenvalue weighted by molar-refractivity contribution is -0.385. The predicted octanol–water partition coefficient (Wildman–Crippen LogP) is 3.04. The second kappa shape index (κ2) is 4.34. The zero-order chi connectivity index (χ0) is 12.5. The fraction of sp³-hybridized carbons (Fsp3) is 0.300. The first-order chi connectivity index (χ1) is 7.34. The van der Waals surface area contributed by atoms with Crippen molar-refractivity contribution in [2.45, 2.75) is 20.3 Å². The van der Waals surface area contributed by atoms with Gasteiger partial charge in [0.2, 0.25) is 0 Å². The summed E-state index contributed by atoms with van der Waals surface area (Å²) >= 11 is 0. The molecule has 0 radical (unpaired) electrons. The van der Waals surface area contributed by atoms with Crippen molar-refractivity contribution >= 4 is 11.5 Å². The molecule has 0 spiro atoms. The highest BCUT2D eigenvalue weighted by atomic mass is 19.3. The molecule has 0 heterocycles. The molecule has 4 nitrogen and oxygen atoms in total. The highest BCUT2D eigenvalue weighted by Crippen LogP contribution is 2.31. The molecule has 0 saturated heterocycles. The van der Waals surface area contributed by atoms with Crippen LogP contribution in [0.25, 0.3) is 0 Å². The second-order valence-corrected chi connectivity index (χ2v) is 3.36. The van der Waals surface area contributed by atoms with E-state index in [1.165, 1.54) is 6.92 Å². The quantitative estimate of drug-likeness (QED) is 0.454. The third-order valence-electron chi connectivity index (χ3n) is 2.08. The first kappa shape index (κ1) is 12.2. The normalized spacial score (nSPS) is 10.6. The maximum atomic E-state index is 12.6. The number of nitrogens with zero attached hydrogens (tertiary/aromatic N) is 1. The Hall–Kier alpha value is -1.85. The van der Waals surface area contributed by atoms with E-state index in [0.29, 0.717) is 5.56 Å². The van der Waals surface area contributed by atoms with E-state index in [-0.39, 0.29) is 0 Å². The van der Waals surface area contributed by atoms with E-state index >= 15 is 0 Å². The number of benzene rings is 1. The van der Waals surface area contributed by atoms with Crippen molar-refractivity contribution in [2.24, 2.45) is 0 Å². The lowest BCUT2D eigenvalue weighted by Crippen LogP contribution is -2.06. The molecule has 0 fully saturated rings. The number of hydrogen-bond acceptors (Lipinski definition) is 3. The number of hydrogen-bond donors (Lipinski definition) is 0. The largest absolute Gasteiger partial charge is 0.294 e. The van der Waals surface area contributed by atoms with E-state index in [0.717, 1.165) is 19.1 Å². The fourth-order valence-electron chi connectivity index (χ4n) is 1.49. The number of nitro benzene ring substituents is 1. The molecule has 1 aromatic rings. The van der Waals surface area contributed by atoms with Gasteiger partial charge in [-0.1, -0.05) is 0 Å². The molecular weight excluding hydrogens is 220 g/mol. The average molecular weight is 229 g/mol. The van der Waals surface area contributed by atoms with Crippen molar-refractivity contribution < 1.29 is 18.5 Å². The number of Topliss-reactive ketones (excluding diaryl/α,β-unsaturated/α-hetero) is 1. The van der Waals surface area contributed by atoms with Gasteiger partial charge in [0.05, 0.1) is 4.92 Å². The van der Waals surface area contributed by atoms with Crippen molar-refractivity contribution in [1.82, 2.24) is 0 Å². The Labute approximate surface area is 90.0 Å². The van der Waals surface area contributed by atoms with Gasteiger partial charge in [-0.25, -0.2) is 8.78 Å². The van der Waals surface area contributed by atoms with Gasteiger partial charge in [0.1, 0.15) is 5.56 Å². The van der Waals surface area contributed by atoms with Gasteiger partial charge in [0, 0.05) is 11.6 Å². The minimum Gasteiger partial charge on any atom is -0.294 e. The van der Waals surface area contributed by atoms with Crippen molar-refractivity contribution in [3.8, 4) is 0 Å². The third-order valence-corrected chi connectivity index (χ3v) is 2.08. The molecule has 0 unspecified atom stereocenters. The number of nitro groups is 1. The van der Waals surface area contributed by atoms with Crippen LogP contribution in [0.3, 0.4) is 0 Å². The number of aryl methyl sites for hydroxylation is 1. The summed E-state index contributed by atoms with van der Waals surface area (Å²) in [6.07, 6.45) is -2.91. The van der Waals surface area contributed by atoms with E-state index in [2.05, 4.69) is 0 Å². The molecule has 0 atom stereocenters. The SMILES string of the molecule is CC(=O)c1c(C(F)F)cc(C)cc1[N+](=O)[O-]. The van der Waals surface area contributed by atoms with Gasteiger partial charge in [0.25, 0.3) is 12.1 Å². The summed E-state index contributed by atoms with van der Waals surface area (Å²) in [5.74, 6) is -0.734. The van der Waals surface area contributed by atoms with Crippen LogP contribution in [0.2, 0.25) is 0 Å². The maximum Gasteiger partial charge on any atom is 0.280 e. The summed E-state index contributed by atoms with van der Waals surface area (Å²) in [5.41, 5.74) is -1.33. The lowest BCUT2D eigenvalue weighted by atomic mass is 9.99. The van der Waals surface area contributed by atoms with Crippen LogP contribution in [0.4, 0.5) is 14.5 Å². The van der Waals surface area contributed by atoms with Crippen LogP contribution in [-0.4, -0.2) is 10.7 Å². The molecule has 0 bridgehead atoms. The van der Waals surface area contributed by atoms with Gasteiger partial charge in [-0.3, -0.25) is 14.9 Å². The maximum absolute atomic E-state index is 12.6. The van der Waals surface area contributed by atoms with Crippen molar-refractivity contribution in [1.29, 1.82) is 0 Å². The number of carbonyl (C=O) groups is 1. The van der Waals surface area contributed by atoms with Crippen LogP contribution in [0, 0.1) is 17.0 Å². The monoisotopic (exact) mass is 229 g/mol. The molecule has 0 saturated carbocycles. The third kappa shape index (κ3) is 2.21. The van der Waals surface area contributed by atoms with Crippen molar-refractivity contribution in [3.05, 3.63) is 38.9 Å². The minimum atomic E-state index is -2.91. The van der Waals surface area contributed by atoms with E-state index in [9.17, 15) is 23.7 Å². The summed E-state index contributed by atoms with van der Waals surface area (Å²) < 4.78 is 25.3. The van der Waals surface area contributed by atoms with E-state index < -0.39 is 33.9 Å². The molecule has 0 aromatic heterocycles. The summed E-state index contributed by atoms with van der Waals surface area (Å²) in [5, 5.41) is 10.7. The molecule has 1 aromatic carbocycles. The van der Waals surface area contributed by atoms with Gasteiger partial charge < -0.3 is 0 Å². The summed E-state index contributed by atoms with van der Waals surface area (Å²) in [7, 11) is 0. The van der Waals surface area contributed by atoms with Crippen LogP contribution in [0.5, 0.6) is 0 Å². The first-order valence-corrected chi connectivity index (χ1v) is 4.42. The number of alkyl halides is 2. The minimum absolute atomic E-state index is 0.326. The summed E-state index contributed by atoms with van der Waals surface area (Å²) in [6, 6.07) is 2.21. The van der Waals surface area contributed by atoms with Gasteiger partial charge in [-0.2, -0.15) is 0 Å². The Kier molecular flexibility index (Phi) is 3.31. The number of rotatable bonds is 3. The van der Waals surface area contributed by atoms with Crippen LogP contribution in [0.15, 0.2) is 12.1 Å². The molecule has 0 aliphatic heterocycles. The Morgan fingerprint density at radius 3 is 2.38 bits per heavy atom. The van der Waals surface area contributed by atoms with Gasteiger partial charge in [-0.05, 0) is 25.5 Å². The molecule has 0 aliphatic carbocycles. The molecule has 1 rings (SSSR count). The zero-order valence-corrected chi connectivity index (χ0v) is 8.66. The van der Waals surface area contributed by atoms with Crippen LogP contribution >= 0.6 is 0 Å². The smallest absolute Gasteiger partial charge is 0.280 e. The molecular formula is C10H9F2NO3. The van der Waals surface area contributed by atoms with Gasteiger partial charge in [-0.15, -0.1) is 0 Å². The Bertz CT molecular complexity index is 458. The van der Waals surface area contributed by atoms with Crippen molar-refractivity contribution in [3.63, 3.8) is 0 Å². The Morgan fingerprint density at radius 1 is 1.44 bits per heavy atom. The molecule has 16 heavy (non-hydrogen) atoms. The predicted molar refractivity (Wildman–Crippen MR) is 52.8 cm³/mol. The van der Waals surface area contributed by atoms with Crippen LogP contribution < -0.4 is 0 Å². The van der Waals surface area contributed by atoms with Gasteiger partial charge >= 0.3 is 0 Å². The van der Waals surface area contributed by atoms with Crippen LogP contribution in [0.1, 0.15) is 34.8 Å². The number of halogens is 2. The number of carbonyl (C=O) groups excluding carboxylic acids is 1. The molecule has 0 aliphatic rings. The standard InChI is InChI=1S/C10H9F2NO3/c1-5-3-7(10(11)12)9(6(2)14)8(4-5)13(15)16/h3-4,10H,1-2H3. The molecule has 6 heteroatoms. The van der Waals surface area contributed by atoms with E-state index in [1.54, 1.807) is 0 Å². The Morgan fingerprint density at radius 2 is 2.00 bits per heavy atom. The lowest BCUT2D eigenvalue weighted by Gasteiger charge is -2.08. The van der Waals surface area contributed by atoms with E-state index in [1.807, 2.05) is 0 Å². The Balaban J connectivity index is 3.60. The second-order valence-electron chi connectivity index (χ2n) is 3.36. The molecule has 0 N–H and O–H groups in total. The summed E-state index contributed by atoms with van der Waals surface area (Å²) in [4.78, 5) is 21.0. The highest BCUT2D eigenvalue weighted by molar-refractivity contribution is 5.99. The van der Waals surface area contributed by atoms with Gasteiger partial charge in [0.15, 0.2) is 5.78 Å². The zero-order valence-electron chi connectivity index (χ0n) is 8.66. The van der Waals surface area contributed by atoms with Crippen molar-refractivity contribution in [2.75, 3.05) is 0 Å². The number of ketones is 1. The topological polar surface area (TPSA) is 60.2 Å². The molecule has 86 valence electrons. The van der Waals surface area contributed by atoms with E-state index in [4.69, 9.17) is 0 Å². The highest BCUT2D eigenvalue weighted by Gasteiger charge is 2.26. The summed E-state index contributed by atoms with van der Waals surface area (Å²) in [6.45, 7) is 2.49. The molecule has 0 amide bonds. The fourth-order valence-corrected chi connectivity index (χ4v) is 1.49.